The lowest BCUT2D eigenvalue weighted by atomic mass is 10.2. The Hall–Kier alpha value is -2.55. The van der Waals surface area contributed by atoms with Crippen LogP contribution >= 0.6 is 0 Å². The third kappa shape index (κ3) is 12.5. The molecule has 0 saturated carbocycles. The van der Waals surface area contributed by atoms with Crippen LogP contribution in [0, 0.1) is 29.1 Å². The molecular weight excluding hydrogens is 513 g/mol. The first-order valence-electron chi connectivity index (χ1n) is 11.3. The molecule has 1 amide bonds. The van der Waals surface area contributed by atoms with Crippen molar-refractivity contribution < 1.29 is 60.0 Å². The van der Waals surface area contributed by atoms with Crippen molar-refractivity contribution in [3.63, 3.8) is 0 Å². The van der Waals surface area contributed by atoms with Crippen molar-refractivity contribution in [3.05, 3.63) is 29.1 Å². The summed E-state index contributed by atoms with van der Waals surface area (Å²) in [4.78, 5) is 24.8. The predicted octanol–water partition coefficient (Wildman–Crippen LogP) is 3.61. The first-order valence-corrected chi connectivity index (χ1v) is 11.3. The number of hydrogen-bond donors (Lipinski definition) is 0. The average molecular weight is 545 g/mol. The molecule has 0 radical (unpaired) electrons. The summed E-state index contributed by atoms with van der Waals surface area (Å²) < 4.78 is 96.6. The fourth-order valence-corrected chi connectivity index (χ4v) is 2.39. The zero-order chi connectivity index (χ0) is 28.0. The quantitative estimate of drug-likeness (QED) is 0.0777. The molecule has 212 valence electrons. The Bertz CT molecular complexity index is 853. The third-order valence-corrected chi connectivity index (χ3v) is 4.23. The maximum Gasteiger partial charge on any atom is 0.410 e. The minimum Gasteiger partial charge on any atom is -0.444 e. The monoisotopic (exact) mass is 545 g/mol. The summed E-state index contributed by atoms with van der Waals surface area (Å²) in [6.07, 6.45) is -0.923. The number of amides is 1. The van der Waals surface area contributed by atoms with Crippen molar-refractivity contribution in [2.24, 2.45) is 0 Å². The van der Waals surface area contributed by atoms with E-state index in [0.717, 1.165) is 0 Å². The van der Waals surface area contributed by atoms with Gasteiger partial charge in [0.25, 0.3) is 0 Å². The van der Waals surface area contributed by atoms with Gasteiger partial charge in [0, 0.05) is 13.6 Å². The number of ether oxygens (including phenoxy) is 6. The second kappa shape index (κ2) is 16.3. The van der Waals surface area contributed by atoms with Gasteiger partial charge >= 0.3 is 12.1 Å². The number of rotatable bonds is 16. The zero-order valence-electron chi connectivity index (χ0n) is 21.2. The zero-order valence-corrected chi connectivity index (χ0v) is 21.2. The summed E-state index contributed by atoms with van der Waals surface area (Å²) in [5.41, 5.74) is -0.566. The summed E-state index contributed by atoms with van der Waals surface area (Å²) in [6, 6.07) is 0. The molecule has 1 rings (SSSR count). The summed E-state index contributed by atoms with van der Waals surface area (Å²) in [5.74, 6) is -14.2. The van der Waals surface area contributed by atoms with Crippen molar-refractivity contribution in [2.45, 2.75) is 32.8 Å². The van der Waals surface area contributed by atoms with E-state index in [4.69, 9.17) is 23.7 Å². The minimum atomic E-state index is -2.35. The number of benzene rings is 1. The van der Waals surface area contributed by atoms with Crippen molar-refractivity contribution in [1.82, 2.24) is 4.90 Å². The normalized spacial score (nSPS) is 11.5. The Morgan fingerprint density at radius 3 is 1.54 bits per heavy atom. The predicted molar refractivity (Wildman–Crippen MR) is 119 cm³/mol. The minimum absolute atomic E-state index is 0.0735. The fraction of sp³-hybridized carbons (Fsp3) is 0.652. The van der Waals surface area contributed by atoms with Gasteiger partial charge in [-0.25, -0.2) is 18.0 Å². The van der Waals surface area contributed by atoms with Crippen LogP contribution in [0.25, 0.3) is 0 Å². The Morgan fingerprint density at radius 1 is 0.676 bits per heavy atom. The molecule has 0 aliphatic heterocycles. The summed E-state index contributed by atoms with van der Waals surface area (Å²) in [5, 5.41) is 0. The SMILES string of the molecule is CN(CCOCCOCCOCCOCCC(=O)Oc1c(F)c(F)c(F)c(F)c1F)C(=O)OC(C)(C)C. The molecule has 0 N–H and O–H groups in total. The molecule has 0 atom stereocenters. The smallest absolute Gasteiger partial charge is 0.410 e. The number of carbonyl (C=O) groups is 2. The molecular formula is C23H32F5NO8. The van der Waals surface area contributed by atoms with E-state index in [1.54, 1.807) is 27.8 Å². The topological polar surface area (TPSA) is 92.8 Å². The lowest BCUT2D eigenvalue weighted by Gasteiger charge is -2.24. The van der Waals surface area contributed by atoms with Crippen LogP contribution in [0.15, 0.2) is 0 Å². The average Bonchev–Trinajstić information content (AvgIpc) is 2.83. The van der Waals surface area contributed by atoms with Gasteiger partial charge in [-0.1, -0.05) is 0 Å². The Labute approximate surface area is 211 Å². The molecule has 37 heavy (non-hydrogen) atoms. The second-order valence-corrected chi connectivity index (χ2v) is 8.47. The number of hydrogen-bond acceptors (Lipinski definition) is 8. The Morgan fingerprint density at radius 2 is 1.08 bits per heavy atom. The number of carbonyl (C=O) groups excluding carboxylic acids is 2. The Balaban J connectivity index is 2.01. The largest absolute Gasteiger partial charge is 0.444 e. The van der Waals surface area contributed by atoms with E-state index in [2.05, 4.69) is 4.74 Å². The summed E-state index contributed by atoms with van der Waals surface area (Å²) in [6.45, 7) is 7.23. The number of likely N-dealkylation sites (N-methyl/N-ethyl adjacent to an activating group) is 1. The highest BCUT2D eigenvalue weighted by molar-refractivity contribution is 5.72. The van der Waals surface area contributed by atoms with E-state index in [0.29, 0.717) is 26.4 Å². The van der Waals surface area contributed by atoms with Crippen molar-refractivity contribution in [3.8, 4) is 5.75 Å². The molecule has 0 heterocycles. The van der Waals surface area contributed by atoms with Gasteiger partial charge in [0.05, 0.1) is 59.3 Å². The molecule has 1 aromatic carbocycles. The molecule has 0 spiro atoms. The fourth-order valence-electron chi connectivity index (χ4n) is 2.39. The number of nitrogens with zero attached hydrogens (tertiary/aromatic N) is 1. The van der Waals surface area contributed by atoms with Gasteiger partial charge in [-0.15, -0.1) is 0 Å². The van der Waals surface area contributed by atoms with Gasteiger partial charge in [-0.05, 0) is 20.8 Å². The van der Waals surface area contributed by atoms with E-state index >= 15 is 0 Å². The van der Waals surface area contributed by atoms with E-state index in [-0.39, 0.29) is 33.0 Å². The van der Waals surface area contributed by atoms with Crippen LogP contribution in [0.4, 0.5) is 26.7 Å². The van der Waals surface area contributed by atoms with E-state index < -0.39 is 58.9 Å². The maximum absolute atomic E-state index is 13.5. The molecule has 1 aromatic rings. The Kier molecular flexibility index (Phi) is 14.3. The van der Waals surface area contributed by atoms with Crippen LogP contribution in [0.1, 0.15) is 27.2 Å². The van der Waals surface area contributed by atoms with Crippen LogP contribution in [0.3, 0.4) is 0 Å². The van der Waals surface area contributed by atoms with Gasteiger partial charge in [-0.3, -0.25) is 4.79 Å². The van der Waals surface area contributed by atoms with Crippen molar-refractivity contribution >= 4 is 12.1 Å². The van der Waals surface area contributed by atoms with Crippen molar-refractivity contribution in [2.75, 3.05) is 66.4 Å². The van der Waals surface area contributed by atoms with Gasteiger partial charge in [-0.2, -0.15) is 8.78 Å². The van der Waals surface area contributed by atoms with Crippen LogP contribution in [0.5, 0.6) is 5.75 Å². The first-order chi connectivity index (χ1) is 17.3. The van der Waals surface area contributed by atoms with Gasteiger partial charge in [0.15, 0.2) is 0 Å². The lowest BCUT2D eigenvalue weighted by Crippen LogP contribution is -2.36. The lowest BCUT2D eigenvalue weighted by molar-refractivity contribution is -0.136. The highest BCUT2D eigenvalue weighted by atomic mass is 19.2. The number of esters is 1. The first kappa shape index (κ1) is 32.5. The second-order valence-electron chi connectivity index (χ2n) is 8.47. The van der Waals surface area contributed by atoms with Crippen LogP contribution < -0.4 is 4.74 Å². The molecule has 9 nitrogen and oxygen atoms in total. The van der Waals surface area contributed by atoms with E-state index in [1.165, 1.54) is 4.90 Å². The molecule has 0 aromatic heterocycles. The number of halogens is 5. The standard InChI is InChI=1S/C23H32F5NO8/c1-23(2,3)37-22(31)29(4)6-8-33-10-12-35-14-13-34-11-9-32-7-5-15(30)36-21-19(27)17(25)16(24)18(26)20(21)28/h5-14H2,1-4H3. The molecule has 0 unspecified atom stereocenters. The third-order valence-electron chi connectivity index (χ3n) is 4.23. The summed E-state index contributed by atoms with van der Waals surface area (Å²) >= 11 is 0. The van der Waals surface area contributed by atoms with E-state index in [9.17, 15) is 31.5 Å². The van der Waals surface area contributed by atoms with Crippen LogP contribution in [0.2, 0.25) is 0 Å². The molecule has 0 aliphatic rings. The molecule has 14 heteroatoms. The van der Waals surface area contributed by atoms with Gasteiger partial charge in [0.2, 0.25) is 34.8 Å². The summed E-state index contributed by atoms with van der Waals surface area (Å²) in [7, 11) is 1.61. The van der Waals surface area contributed by atoms with Crippen LogP contribution in [-0.4, -0.2) is 89.0 Å². The highest BCUT2D eigenvalue weighted by Crippen LogP contribution is 2.29. The van der Waals surface area contributed by atoms with E-state index in [1.807, 2.05) is 0 Å². The molecule has 0 fully saturated rings. The molecule has 0 aliphatic carbocycles. The van der Waals surface area contributed by atoms with Gasteiger partial charge in [0.1, 0.15) is 5.60 Å². The van der Waals surface area contributed by atoms with Crippen LogP contribution in [-0.2, 0) is 28.5 Å². The van der Waals surface area contributed by atoms with Gasteiger partial charge < -0.3 is 33.3 Å². The molecule has 0 bridgehead atoms. The highest BCUT2D eigenvalue weighted by Gasteiger charge is 2.28. The van der Waals surface area contributed by atoms with Crippen molar-refractivity contribution in [1.29, 1.82) is 0 Å². The molecule has 0 saturated heterocycles. The maximum atomic E-state index is 13.5.